The zero-order valence-electron chi connectivity index (χ0n) is 7.16. The SMILES string of the molecule is CC(N)(CO)C(O)C1NCCO1. The minimum Gasteiger partial charge on any atom is -0.394 e. The molecule has 0 aromatic rings. The fourth-order valence-electron chi connectivity index (χ4n) is 1.09. The standard InChI is InChI=1S/C7H16N2O3/c1-7(8,4-10)5(11)6-9-2-3-12-6/h5-6,9-11H,2-4,8H2,1H3. The second-order valence-corrected chi connectivity index (χ2v) is 3.35. The predicted molar refractivity (Wildman–Crippen MR) is 43.4 cm³/mol. The Morgan fingerprint density at radius 2 is 2.50 bits per heavy atom. The molecule has 0 spiro atoms. The second kappa shape index (κ2) is 3.68. The van der Waals surface area contributed by atoms with E-state index >= 15 is 0 Å². The van der Waals surface area contributed by atoms with Crippen molar-refractivity contribution < 1.29 is 14.9 Å². The third-order valence-corrected chi connectivity index (χ3v) is 2.05. The fourth-order valence-corrected chi connectivity index (χ4v) is 1.09. The third-order valence-electron chi connectivity index (χ3n) is 2.05. The van der Waals surface area contributed by atoms with Crippen LogP contribution in [-0.2, 0) is 4.74 Å². The third kappa shape index (κ3) is 1.94. The first-order valence-corrected chi connectivity index (χ1v) is 4.01. The number of hydrogen-bond donors (Lipinski definition) is 4. The van der Waals surface area contributed by atoms with E-state index in [0.29, 0.717) is 13.2 Å². The Hall–Kier alpha value is -0.200. The molecule has 0 aromatic heterocycles. The van der Waals surface area contributed by atoms with Crippen LogP contribution >= 0.6 is 0 Å². The molecule has 1 fully saturated rings. The highest BCUT2D eigenvalue weighted by molar-refractivity contribution is 4.91. The smallest absolute Gasteiger partial charge is 0.136 e. The largest absolute Gasteiger partial charge is 0.394 e. The number of aliphatic hydroxyl groups is 2. The molecule has 0 saturated carbocycles. The van der Waals surface area contributed by atoms with Gasteiger partial charge in [-0.2, -0.15) is 0 Å². The molecule has 0 bridgehead atoms. The number of nitrogens with two attached hydrogens (primary N) is 1. The van der Waals surface area contributed by atoms with Crippen molar-refractivity contribution in [1.82, 2.24) is 5.32 Å². The van der Waals surface area contributed by atoms with Gasteiger partial charge in [0, 0.05) is 6.54 Å². The molecule has 5 N–H and O–H groups in total. The van der Waals surface area contributed by atoms with Gasteiger partial charge in [-0.15, -0.1) is 0 Å². The van der Waals surface area contributed by atoms with E-state index < -0.39 is 17.9 Å². The minimum atomic E-state index is -1.01. The molecule has 72 valence electrons. The maximum Gasteiger partial charge on any atom is 0.136 e. The number of nitrogens with one attached hydrogen (secondary N) is 1. The molecule has 5 heteroatoms. The van der Waals surface area contributed by atoms with Crippen LogP contribution in [0.5, 0.6) is 0 Å². The maximum absolute atomic E-state index is 9.60. The lowest BCUT2D eigenvalue weighted by Crippen LogP contribution is -2.58. The van der Waals surface area contributed by atoms with E-state index in [9.17, 15) is 5.11 Å². The zero-order chi connectivity index (χ0) is 9.19. The Morgan fingerprint density at radius 1 is 1.83 bits per heavy atom. The van der Waals surface area contributed by atoms with Crippen LogP contribution in [0.3, 0.4) is 0 Å². The lowest BCUT2D eigenvalue weighted by atomic mass is 9.96. The van der Waals surface area contributed by atoms with E-state index in [2.05, 4.69) is 5.32 Å². The number of hydrogen-bond acceptors (Lipinski definition) is 5. The van der Waals surface area contributed by atoms with Crippen molar-refractivity contribution in [2.45, 2.75) is 24.8 Å². The number of aliphatic hydroxyl groups excluding tert-OH is 2. The van der Waals surface area contributed by atoms with Crippen LogP contribution in [0.15, 0.2) is 0 Å². The quantitative estimate of drug-likeness (QED) is 0.399. The lowest BCUT2D eigenvalue weighted by molar-refractivity contribution is -0.0585. The first-order valence-electron chi connectivity index (χ1n) is 4.01. The Kier molecular flexibility index (Phi) is 3.03. The molecular weight excluding hydrogens is 160 g/mol. The van der Waals surface area contributed by atoms with Gasteiger partial charge in [-0.25, -0.2) is 0 Å². The second-order valence-electron chi connectivity index (χ2n) is 3.35. The van der Waals surface area contributed by atoms with Crippen LogP contribution in [0.1, 0.15) is 6.92 Å². The monoisotopic (exact) mass is 176 g/mol. The molecule has 1 heterocycles. The lowest BCUT2D eigenvalue weighted by Gasteiger charge is -2.31. The topological polar surface area (TPSA) is 87.7 Å². The Labute approximate surface area is 71.5 Å². The summed E-state index contributed by atoms with van der Waals surface area (Å²) >= 11 is 0. The van der Waals surface area contributed by atoms with Crippen LogP contribution in [0.25, 0.3) is 0 Å². The molecule has 5 nitrogen and oxygen atoms in total. The number of ether oxygens (including phenoxy) is 1. The highest BCUT2D eigenvalue weighted by atomic mass is 16.5. The highest BCUT2D eigenvalue weighted by Crippen LogP contribution is 2.12. The van der Waals surface area contributed by atoms with Gasteiger partial charge in [0.15, 0.2) is 0 Å². The van der Waals surface area contributed by atoms with E-state index in [1.165, 1.54) is 0 Å². The molecule has 3 atom stereocenters. The first kappa shape index (κ1) is 9.88. The van der Waals surface area contributed by atoms with Gasteiger partial charge < -0.3 is 20.7 Å². The average Bonchev–Trinajstić information content (AvgIpc) is 2.55. The Balaban J connectivity index is 2.50. The molecule has 3 unspecified atom stereocenters. The predicted octanol–water partition coefficient (Wildman–Crippen LogP) is -2.00. The van der Waals surface area contributed by atoms with Crippen molar-refractivity contribution in [2.75, 3.05) is 19.8 Å². The van der Waals surface area contributed by atoms with Crippen molar-refractivity contribution in [1.29, 1.82) is 0 Å². The van der Waals surface area contributed by atoms with Gasteiger partial charge >= 0.3 is 0 Å². The summed E-state index contributed by atoms with van der Waals surface area (Å²) in [6.07, 6.45) is -1.34. The van der Waals surface area contributed by atoms with Gasteiger partial charge in [-0.3, -0.25) is 5.32 Å². The van der Waals surface area contributed by atoms with Crippen LogP contribution < -0.4 is 11.1 Å². The summed E-state index contributed by atoms with van der Waals surface area (Å²) in [6, 6.07) is 0. The van der Waals surface area contributed by atoms with E-state index in [4.69, 9.17) is 15.6 Å². The van der Waals surface area contributed by atoms with Crippen LogP contribution in [-0.4, -0.2) is 47.8 Å². The van der Waals surface area contributed by atoms with Gasteiger partial charge in [0.2, 0.25) is 0 Å². The molecule has 12 heavy (non-hydrogen) atoms. The maximum atomic E-state index is 9.60. The Morgan fingerprint density at radius 3 is 2.92 bits per heavy atom. The molecule has 0 amide bonds. The van der Waals surface area contributed by atoms with Crippen molar-refractivity contribution in [3.63, 3.8) is 0 Å². The summed E-state index contributed by atoms with van der Waals surface area (Å²) < 4.78 is 5.15. The van der Waals surface area contributed by atoms with Gasteiger partial charge in [-0.1, -0.05) is 0 Å². The van der Waals surface area contributed by atoms with Crippen molar-refractivity contribution in [3.8, 4) is 0 Å². The van der Waals surface area contributed by atoms with Crippen molar-refractivity contribution in [2.24, 2.45) is 5.73 Å². The van der Waals surface area contributed by atoms with E-state index in [1.807, 2.05) is 0 Å². The summed E-state index contributed by atoms with van der Waals surface area (Å²) in [6.45, 7) is 2.60. The molecule has 1 aliphatic rings. The molecule has 0 aromatic carbocycles. The molecule has 1 aliphatic heterocycles. The van der Waals surface area contributed by atoms with Crippen LogP contribution in [0, 0.1) is 0 Å². The highest BCUT2D eigenvalue weighted by Gasteiger charge is 2.36. The molecule has 1 saturated heterocycles. The van der Waals surface area contributed by atoms with Gasteiger partial charge in [0.1, 0.15) is 12.3 Å². The zero-order valence-corrected chi connectivity index (χ0v) is 7.16. The fraction of sp³-hybridized carbons (Fsp3) is 1.00. The molecule has 0 radical (unpaired) electrons. The summed E-state index contributed by atoms with van der Waals surface area (Å²) in [5, 5.41) is 21.4. The van der Waals surface area contributed by atoms with E-state index in [0.717, 1.165) is 0 Å². The van der Waals surface area contributed by atoms with E-state index in [1.54, 1.807) is 6.92 Å². The van der Waals surface area contributed by atoms with Gasteiger partial charge in [-0.05, 0) is 6.92 Å². The minimum absolute atomic E-state index is 0.268. The molecular formula is C7H16N2O3. The van der Waals surface area contributed by atoms with Crippen molar-refractivity contribution >= 4 is 0 Å². The van der Waals surface area contributed by atoms with Crippen molar-refractivity contribution in [3.05, 3.63) is 0 Å². The van der Waals surface area contributed by atoms with Crippen LogP contribution in [0.4, 0.5) is 0 Å². The summed E-state index contributed by atoms with van der Waals surface area (Å²) in [5.74, 6) is 0. The summed E-state index contributed by atoms with van der Waals surface area (Å²) in [4.78, 5) is 0. The summed E-state index contributed by atoms with van der Waals surface area (Å²) in [5.41, 5.74) is 4.61. The molecule has 0 aliphatic carbocycles. The first-order chi connectivity index (χ1) is 5.58. The Bertz CT molecular complexity index is 146. The normalized spacial score (nSPS) is 31.5. The summed E-state index contributed by atoms with van der Waals surface area (Å²) in [7, 11) is 0. The average molecular weight is 176 g/mol. The molecule has 1 rings (SSSR count). The van der Waals surface area contributed by atoms with Crippen LogP contribution in [0.2, 0.25) is 0 Å². The van der Waals surface area contributed by atoms with Gasteiger partial charge in [0.05, 0.1) is 18.8 Å². The van der Waals surface area contributed by atoms with E-state index in [-0.39, 0.29) is 6.61 Å². The van der Waals surface area contributed by atoms with Gasteiger partial charge in [0.25, 0.3) is 0 Å². The number of rotatable bonds is 3.